The van der Waals surface area contributed by atoms with Crippen molar-refractivity contribution in [2.45, 2.75) is 20.0 Å². The van der Waals surface area contributed by atoms with Crippen LogP contribution in [0.3, 0.4) is 0 Å². The number of rotatable bonds is 6. The van der Waals surface area contributed by atoms with Gasteiger partial charge in [0, 0.05) is 16.8 Å². The molecule has 3 rings (SSSR count). The summed E-state index contributed by atoms with van der Waals surface area (Å²) >= 11 is 5.94. The molecule has 2 aromatic carbocycles. The Labute approximate surface area is 161 Å². The quantitative estimate of drug-likeness (QED) is 0.760. The lowest BCUT2D eigenvalue weighted by Crippen LogP contribution is -2.31. The maximum Gasteiger partial charge on any atom is 0.344 e. The first-order valence-corrected chi connectivity index (χ1v) is 8.59. The normalized spacial score (nSPS) is 13.0. The van der Waals surface area contributed by atoms with Crippen LogP contribution in [0.15, 0.2) is 36.4 Å². The molecule has 0 saturated heterocycles. The van der Waals surface area contributed by atoms with E-state index in [2.05, 4.69) is 5.32 Å². The number of carbonyl (C=O) groups is 2. The number of amides is 1. The van der Waals surface area contributed by atoms with Gasteiger partial charge in [0.15, 0.2) is 24.2 Å². The molecule has 27 heavy (non-hydrogen) atoms. The number of esters is 1. The molecule has 1 heterocycles. The van der Waals surface area contributed by atoms with Gasteiger partial charge in [-0.15, -0.1) is 0 Å². The zero-order valence-electron chi connectivity index (χ0n) is 14.8. The molecule has 0 saturated carbocycles. The summed E-state index contributed by atoms with van der Waals surface area (Å²) in [6, 6.07) is 10.0. The van der Waals surface area contributed by atoms with Gasteiger partial charge in [0.1, 0.15) is 5.75 Å². The minimum Gasteiger partial charge on any atom is -0.482 e. The lowest BCUT2D eigenvalue weighted by atomic mass is 10.2. The zero-order chi connectivity index (χ0) is 19.4. The second kappa shape index (κ2) is 8.18. The third kappa shape index (κ3) is 4.83. The fraction of sp³-hybridized carbons (Fsp3) is 0.263. The van der Waals surface area contributed by atoms with E-state index >= 15 is 0 Å². The van der Waals surface area contributed by atoms with Crippen molar-refractivity contribution >= 4 is 29.2 Å². The van der Waals surface area contributed by atoms with Gasteiger partial charge in [-0.25, -0.2) is 4.79 Å². The van der Waals surface area contributed by atoms with Crippen LogP contribution < -0.4 is 19.5 Å². The molecule has 1 N–H and O–H groups in total. The molecular formula is C19H18ClNO6. The summed E-state index contributed by atoms with van der Waals surface area (Å²) in [6.45, 7) is 3.14. The predicted octanol–water partition coefficient (Wildman–Crippen LogP) is 3.33. The first-order chi connectivity index (χ1) is 12.9. The van der Waals surface area contributed by atoms with Crippen molar-refractivity contribution < 1.29 is 28.5 Å². The van der Waals surface area contributed by atoms with Gasteiger partial charge < -0.3 is 24.3 Å². The summed E-state index contributed by atoms with van der Waals surface area (Å²) < 4.78 is 20.9. The number of ether oxygens (including phenoxy) is 4. The number of hydrogen-bond acceptors (Lipinski definition) is 6. The predicted molar refractivity (Wildman–Crippen MR) is 98.4 cm³/mol. The second-order valence-electron chi connectivity index (χ2n) is 5.89. The van der Waals surface area contributed by atoms with E-state index in [4.69, 9.17) is 30.5 Å². The summed E-state index contributed by atoms with van der Waals surface area (Å²) in [5.41, 5.74) is 1.35. The Bertz CT molecular complexity index is 869. The van der Waals surface area contributed by atoms with Gasteiger partial charge in [-0.2, -0.15) is 0 Å². The van der Waals surface area contributed by atoms with E-state index in [1.165, 1.54) is 6.92 Å². The summed E-state index contributed by atoms with van der Waals surface area (Å²) in [7, 11) is 0. The van der Waals surface area contributed by atoms with E-state index in [1.54, 1.807) is 36.4 Å². The molecule has 0 spiro atoms. The Morgan fingerprint density at radius 1 is 1.19 bits per heavy atom. The van der Waals surface area contributed by atoms with Crippen molar-refractivity contribution in [1.82, 2.24) is 0 Å². The molecule has 1 atom stereocenters. The highest BCUT2D eigenvalue weighted by molar-refractivity contribution is 6.31. The van der Waals surface area contributed by atoms with Crippen molar-refractivity contribution in [3.8, 4) is 17.2 Å². The van der Waals surface area contributed by atoms with E-state index in [9.17, 15) is 9.59 Å². The van der Waals surface area contributed by atoms with Crippen LogP contribution in [-0.4, -0.2) is 31.4 Å². The molecule has 1 unspecified atom stereocenters. The van der Waals surface area contributed by atoms with Crippen LogP contribution >= 0.6 is 11.6 Å². The van der Waals surface area contributed by atoms with E-state index in [-0.39, 0.29) is 13.4 Å². The van der Waals surface area contributed by atoms with Crippen molar-refractivity contribution in [2.75, 3.05) is 18.7 Å². The number of nitrogens with one attached hydrogen (secondary N) is 1. The number of hydrogen-bond donors (Lipinski definition) is 1. The molecule has 2 aromatic rings. The van der Waals surface area contributed by atoms with Crippen LogP contribution in [-0.2, 0) is 14.3 Å². The average Bonchev–Trinajstić information content (AvgIpc) is 3.10. The van der Waals surface area contributed by atoms with Gasteiger partial charge in [-0.3, -0.25) is 4.79 Å². The van der Waals surface area contributed by atoms with Crippen LogP contribution in [0.4, 0.5) is 5.69 Å². The van der Waals surface area contributed by atoms with E-state index < -0.39 is 18.0 Å². The Morgan fingerprint density at radius 3 is 2.74 bits per heavy atom. The molecule has 142 valence electrons. The number of halogens is 1. The maximum atomic E-state index is 12.2. The number of anilines is 1. The minimum atomic E-state index is -0.988. The van der Waals surface area contributed by atoms with Gasteiger partial charge in [0.05, 0.1) is 0 Å². The number of benzene rings is 2. The van der Waals surface area contributed by atoms with Gasteiger partial charge >= 0.3 is 5.97 Å². The lowest BCUT2D eigenvalue weighted by molar-refractivity contribution is -0.155. The standard InChI is InChI=1S/C19H18ClNO6/c1-11-7-14(4-5-15(11)20)24-9-18(22)27-12(2)19(23)21-13-3-6-16-17(8-13)26-10-25-16/h3-8,12H,9-10H2,1-2H3,(H,21,23). The van der Waals surface area contributed by atoms with Crippen molar-refractivity contribution in [3.05, 3.63) is 47.0 Å². The highest BCUT2D eigenvalue weighted by Gasteiger charge is 2.20. The van der Waals surface area contributed by atoms with Crippen molar-refractivity contribution in [2.24, 2.45) is 0 Å². The number of aryl methyl sites for hydroxylation is 1. The molecule has 1 amide bonds. The van der Waals surface area contributed by atoms with Crippen LogP contribution in [0.2, 0.25) is 5.02 Å². The Morgan fingerprint density at radius 2 is 1.96 bits per heavy atom. The summed E-state index contributed by atoms with van der Waals surface area (Å²) in [5, 5.41) is 3.27. The third-order valence-electron chi connectivity index (χ3n) is 3.80. The maximum absolute atomic E-state index is 12.2. The molecular weight excluding hydrogens is 374 g/mol. The topological polar surface area (TPSA) is 83.1 Å². The molecule has 0 aliphatic carbocycles. The summed E-state index contributed by atoms with van der Waals surface area (Å²) in [4.78, 5) is 24.1. The van der Waals surface area contributed by atoms with E-state index in [0.29, 0.717) is 28.0 Å². The average molecular weight is 392 g/mol. The number of fused-ring (bicyclic) bond motifs is 1. The van der Waals surface area contributed by atoms with Gasteiger partial charge in [-0.05, 0) is 49.7 Å². The summed E-state index contributed by atoms with van der Waals surface area (Å²) in [5.74, 6) is 0.526. The molecule has 8 heteroatoms. The Hall–Kier alpha value is -2.93. The SMILES string of the molecule is Cc1cc(OCC(=O)OC(C)C(=O)Nc2ccc3c(c2)OCO3)ccc1Cl. The van der Waals surface area contributed by atoms with Gasteiger partial charge in [-0.1, -0.05) is 11.6 Å². The van der Waals surface area contributed by atoms with E-state index in [1.807, 2.05) is 6.92 Å². The first-order valence-electron chi connectivity index (χ1n) is 8.21. The fourth-order valence-electron chi connectivity index (χ4n) is 2.35. The van der Waals surface area contributed by atoms with Gasteiger partial charge in [0.25, 0.3) is 5.91 Å². The van der Waals surface area contributed by atoms with Crippen LogP contribution in [0.5, 0.6) is 17.2 Å². The molecule has 1 aliphatic heterocycles. The first kappa shape index (κ1) is 18.8. The Kier molecular flexibility index (Phi) is 5.71. The second-order valence-corrected chi connectivity index (χ2v) is 6.30. The van der Waals surface area contributed by atoms with E-state index in [0.717, 1.165) is 5.56 Å². The molecule has 0 aromatic heterocycles. The highest BCUT2D eigenvalue weighted by atomic mass is 35.5. The van der Waals surface area contributed by atoms with Crippen molar-refractivity contribution in [1.29, 1.82) is 0 Å². The highest BCUT2D eigenvalue weighted by Crippen LogP contribution is 2.34. The van der Waals surface area contributed by atoms with Crippen LogP contribution in [0.1, 0.15) is 12.5 Å². The molecule has 0 bridgehead atoms. The number of carbonyl (C=O) groups excluding carboxylic acids is 2. The monoisotopic (exact) mass is 391 g/mol. The van der Waals surface area contributed by atoms with Crippen LogP contribution in [0.25, 0.3) is 0 Å². The van der Waals surface area contributed by atoms with Crippen molar-refractivity contribution in [3.63, 3.8) is 0 Å². The fourth-order valence-corrected chi connectivity index (χ4v) is 2.47. The lowest BCUT2D eigenvalue weighted by Gasteiger charge is -2.14. The Balaban J connectivity index is 1.48. The molecule has 1 aliphatic rings. The smallest absolute Gasteiger partial charge is 0.344 e. The van der Waals surface area contributed by atoms with Crippen LogP contribution in [0, 0.1) is 6.92 Å². The third-order valence-corrected chi connectivity index (χ3v) is 4.23. The molecule has 0 fully saturated rings. The molecule has 7 nitrogen and oxygen atoms in total. The van der Waals surface area contributed by atoms with Gasteiger partial charge in [0.2, 0.25) is 6.79 Å². The minimum absolute atomic E-state index is 0.147. The largest absolute Gasteiger partial charge is 0.482 e. The zero-order valence-corrected chi connectivity index (χ0v) is 15.5. The molecule has 0 radical (unpaired) electrons. The summed E-state index contributed by atoms with van der Waals surface area (Å²) in [6.07, 6.45) is -0.988.